The predicted molar refractivity (Wildman–Crippen MR) is 98.1 cm³/mol. The zero-order valence-electron chi connectivity index (χ0n) is 14.8. The second kappa shape index (κ2) is 9.05. The molecule has 0 spiro atoms. The molecule has 0 saturated carbocycles. The number of anilines is 1. The first-order valence-corrected chi connectivity index (χ1v) is 8.60. The number of hydrogen-bond acceptors (Lipinski definition) is 6. The molecule has 0 atom stereocenters. The van der Waals surface area contributed by atoms with Crippen LogP contribution in [0.3, 0.4) is 0 Å². The Morgan fingerprint density at radius 2 is 1.92 bits per heavy atom. The number of carbonyl (C=O) groups is 1. The maximum Gasteiger partial charge on any atom is 0.251 e. The summed E-state index contributed by atoms with van der Waals surface area (Å²) in [5.74, 6) is 2.17. The fraction of sp³-hybridized carbons (Fsp3) is 0.368. The van der Waals surface area contributed by atoms with Gasteiger partial charge in [-0.25, -0.2) is 4.98 Å². The van der Waals surface area contributed by atoms with E-state index in [9.17, 15) is 4.79 Å². The van der Waals surface area contributed by atoms with Crippen LogP contribution in [0.15, 0.2) is 42.6 Å². The highest BCUT2D eigenvalue weighted by molar-refractivity contribution is 5.94. The summed E-state index contributed by atoms with van der Waals surface area (Å²) in [5.41, 5.74) is 0.589. The molecule has 1 fully saturated rings. The van der Waals surface area contributed by atoms with Crippen molar-refractivity contribution < 1.29 is 19.0 Å². The summed E-state index contributed by atoms with van der Waals surface area (Å²) in [6.07, 6.45) is 1.66. The molecule has 0 unspecified atom stereocenters. The SMILES string of the molecule is COc1ccc(OCCNC(=O)c2ccnc(N3CCOCC3)c2)cc1. The number of nitrogens with zero attached hydrogens (tertiary/aromatic N) is 2. The Kier molecular flexibility index (Phi) is 6.27. The van der Waals surface area contributed by atoms with E-state index in [1.54, 1.807) is 19.4 Å². The van der Waals surface area contributed by atoms with Gasteiger partial charge in [-0.2, -0.15) is 0 Å². The van der Waals surface area contributed by atoms with Crippen molar-refractivity contribution in [1.82, 2.24) is 10.3 Å². The van der Waals surface area contributed by atoms with Crippen molar-refractivity contribution >= 4 is 11.7 Å². The molecule has 1 aromatic carbocycles. The summed E-state index contributed by atoms with van der Waals surface area (Å²) in [4.78, 5) is 18.8. The van der Waals surface area contributed by atoms with Crippen LogP contribution in [0.4, 0.5) is 5.82 Å². The van der Waals surface area contributed by atoms with Crippen LogP contribution in [0, 0.1) is 0 Å². The van der Waals surface area contributed by atoms with E-state index in [1.807, 2.05) is 30.3 Å². The first-order chi connectivity index (χ1) is 12.8. The fourth-order valence-corrected chi connectivity index (χ4v) is 2.63. The second-order valence-electron chi connectivity index (χ2n) is 5.78. The van der Waals surface area contributed by atoms with Crippen molar-refractivity contribution in [2.24, 2.45) is 0 Å². The number of aromatic nitrogens is 1. The first-order valence-electron chi connectivity index (χ1n) is 8.60. The highest BCUT2D eigenvalue weighted by Gasteiger charge is 2.14. The van der Waals surface area contributed by atoms with E-state index in [1.165, 1.54) is 0 Å². The largest absolute Gasteiger partial charge is 0.497 e. The normalized spacial score (nSPS) is 14.0. The quantitative estimate of drug-likeness (QED) is 0.761. The van der Waals surface area contributed by atoms with Crippen molar-refractivity contribution in [3.8, 4) is 11.5 Å². The van der Waals surface area contributed by atoms with Gasteiger partial charge in [-0.3, -0.25) is 4.79 Å². The Bertz CT molecular complexity index is 715. The molecule has 7 nitrogen and oxygen atoms in total. The highest BCUT2D eigenvalue weighted by Crippen LogP contribution is 2.17. The van der Waals surface area contributed by atoms with Gasteiger partial charge in [0, 0.05) is 24.8 Å². The van der Waals surface area contributed by atoms with Crippen LogP contribution >= 0.6 is 0 Å². The van der Waals surface area contributed by atoms with Gasteiger partial charge in [-0.15, -0.1) is 0 Å². The molecule has 0 radical (unpaired) electrons. The maximum atomic E-state index is 12.3. The zero-order chi connectivity index (χ0) is 18.2. The average molecular weight is 357 g/mol. The lowest BCUT2D eigenvalue weighted by atomic mass is 10.2. The van der Waals surface area contributed by atoms with Crippen LogP contribution in [0.25, 0.3) is 0 Å². The molecule has 26 heavy (non-hydrogen) atoms. The minimum Gasteiger partial charge on any atom is -0.497 e. The molecule has 0 bridgehead atoms. The molecule has 138 valence electrons. The number of ether oxygens (including phenoxy) is 3. The molecule has 1 saturated heterocycles. The summed E-state index contributed by atoms with van der Waals surface area (Å²) < 4.78 is 16.1. The van der Waals surface area contributed by atoms with Gasteiger partial charge in [0.25, 0.3) is 5.91 Å². The first kappa shape index (κ1) is 18.0. The molecule has 1 N–H and O–H groups in total. The molecule has 1 aliphatic rings. The molecule has 0 aliphatic carbocycles. The molecule has 1 aliphatic heterocycles. The number of pyridine rings is 1. The number of methoxy groups -OCH3 is 1. The Morgan fingerprint density at radius 3 is 2.65 bits per heavy atom. The second-order valence-corrected chi connectivity index (χ2v) is 5.78. The van der Waals surface area contributed by atoms with Gasteiger partial charge < -0.3 is 24.4 Å². The highest BCUT2D eigenvalue weighted by atomic mass is 16.5. The molecule has 7 heteroatoms. The van der Waals surface area contributed by atoms with Gasteiger partial charge in [0.2, 0.25) is 0 Å². The molecule has 2 heterocycles. The van der Waals surface area contributed by atoms with Crippen LogP contribution < -0.4 is 19.7 Å². The Labute approximate surface area is 152 Å². The number of amides is 1. The van der Waals surface area contributed by atoms with Gasteiger partial charge in [0.05, 0.1) is 26.9 Å². The minimum atomic E-state index is -0.139. The lowest BCUT2D eigenvalue weighted by Crippen LogP contribution is -2.37. The summed E-state index contributed by atoms with van der Waals surface area (Å²) in [5, 5.41) is 2.86. The van der Waals surface area contributed by atoms with E-state index in [0.29, 0.717) is 31.9 Å². The van der Waals surface area contributed by atoms with Crippen LogP contribution in [0.1, 0.15) is 10.4 Å². The molecule has 1 aromatic heterocycles. The van der Waals surface area contributed by atoms with Crippen LogP contribution in [0.5, 0.6) is 11.5 Å². The Hall–Kier alpha value is -2.80. The lowest BCUT2D eigenvalue weighted by molar-refractivity contribution is 0.0947. The van der Waals surface area contributed by atoms with E-state index in [0.717, 1.165) is 30.4 Å². The summed E-state index contributed by atoms with van der Waals surface area (Å²) in [6, 6.07) is 10.8. The molecular weight excluding hydrogens is 334 g/mol. The number of hydrogen-bond donors (Lipinski definition) is 1. The van der Waals surface area contributed by atoms with Crippen molar-refractivity contribution in [3.05, 3.63) is 48.2 Å². The summed E-state index contributed by atoms with van der Waals surface area (Å²) in [7, 11) is 1.62. The average Bonchev–Trinajstić information content (AvgIpc) is 2.72. The lowest BCUT2D eigenvalue weighted by Gasteiger charge is -2.27. The number of morpholine rings is 1. The Balaban J connectivity index is 1.47. The summed E-state index contributed by atoms with van der Waals surface area (Å²) in [6.45, 7) is 3.74. The third-order valence-corrected chi connectivity index (χ3v) is 4.06. The number of carbonyl (C=O) groups excluding carboxylic acids is 1. The number of benzene rings is 1. The van der Waals surface area contributed by atoms with Crippen molar-refractivity contribution in [2.75, 3.05) is 51.5 Å². The molecule has 3 rings (SSSR count). The third kappa shape index (κ3) is 4.86. The summed E-state index contributed by atoms with van der Waals surface area (Å²) >= 11 is 0. The number of rotatable bonds is 7. The van der Waals surface area contributed by atoms with E-state index in [-0.39, 0.29) is 5.91 Å². The van der Waals surface area contributed by atoms with Gasteiger partial charge in [-0.1, -0.05) is 0 Å². The van der Waals surface area contributed by atoms with Crippen LogP contribution in [-0.4, -0.2) is 57.5 Å². The van der Waals surface area contributed by atoms with Gasteiger partial charge in [0.1, 0.15) is 23.9 Å². The smallest absolute Gasteiger partial charge is 0.251 e. The van der Waals surface area contributed by atoms with Gasteiger partial charge in [-0.05, 0) is 36.4 Å². The number of nitrogens with one attached hydrogen (secondary N) is 1. The van der Waals surface area contributed by atoms with E-state index in [4.69, 9.17) is 14.2 Å². The van der Waals surface area contributed by atoms with Gasteiger partial charge in [0.15, 0.2) is 0 Å². The van der Waals surface area contributed by atoms with Crippen molar-refractivity contribution in [3.63, 3.8) is 0 Å². The topological polar surface area (TPSA) is 72.9 Å². The van der Waals surface area contributed by atoms with Crippen LogP contribution in [0.2, 0.25) is 0 Å². The van der Waals surface area contributed by atoms with E-state index < -0.39 is 0 Å². The van der Waals surface area contributed by atoms with E-state index in [2.05, 4.69) is 15.2 Å². The van der Waals surface area contributed by atoms with Crippen molar-refractivity contribution in [1.29, 1.82) is 0 Å². The van der Waals surface area contributed by atoms with Gasteiger partial charge >= 0.3 is 0 Å². The third-order valence-electron chi connectivity index (χ3n) is 4.06. The van der Waals surface area contributed by atoms with Crippen molar-refractivity contribution in [2.45, 2.75) is 0 Å². The standard InChI is InChI=1S/C19H23N3O4/c1-24-16-2-4-17(5-3-16)26-11-8-21-19(23)15-6-7-20-18(14-15)22-9-12-25-13-10-22/h2-7,14H,8-13H2,1H3,(H,21,23). The molecule has 1 amide bonds. The zero-order valence-corrected chi connectivity index (χ0v) is 14.8. The predicted octanol–water partition coefficient (Wildman–Crippen LogP) is 1.74. The fourth-order valence-electron chi connectivity index (χ4n) is 2.63. The minimum absolute atomic E-state index is 0.139. The molecule has 2 aromatic rings. The van der Waals surface area contributed by atoms with E-state index >= 15 is 0 Å². The monoisotopic (exact) mass is 357 g/mol. The van der Waals surface area contributed by atoms with Crippen LogP contribution in [-0.2, 0) is 4.74 Å². The maximum absolute atomic E-state index is 12.3. The molecular formula is C19H23N3O4. The Morgan fingerprint density at radius 1 is 1.19 bits per heavy atom.